The van der Waals surface area contributed by atoms with E-state index in [1.54, 1.807) is 19.9 Å². The molecule has 0 aliphatic carbocycles. The topological polar surface area (TPSA) is 127 Å². The first-order valence-corrected chi connectivity index (χ1v) is 10.7. The van der Waals surface area contributed by atoms with Gasteiger partial charge in [0, 0.05) is 20.2 Å². The van der Waals surface area contributed by atoms with Crippen LogP contribution in [0, 0.1) is 13.8 Å². The van der Waals surface area contributed by atoms with E-state index in [0.29, 0.717) is 11.4 Å². The Kier molecular flexibility index (Phi) is 4.66. The van der Waals surface area contributed by atoms with Crippen molar-refractivity contribution < 1.29 is 25.9 Å². The third kappa shape index (κ3) is 3.50. The molecule has 10 nitrogen and oxygen atoms in total. The fourth-order valence-electron chi connectivity index (χ4n) is 2.43. The molecule has 144 valence electrons. The van der Waals surface area contributed by atoms with Crippen molar-refractivity contribution in [2.24, 2.45) is 0 Å². The van der Waals surface area contributed by atoms with Crippen molar-refractivity contribution in [3.05, 3.63) is 41.7 Å². The van der Waals surface area contributed by atoms with E-state index in [-0.39, 0.29) is 16.7 Å². The molecule has 0 amide bonds. The zero-order valence-corrected chi connectivity index (χ0v) is 16.7. The lowest BCUT2D eigenvalue weighted by Gasteiger charge is -2.14. The van der Waals surface area contributed by atoms with Crippen molar-refractivity contribution in [3.63, 3.8) is 0 Å². The molecule has 12 heteroatoms. The van der Waals surface area contributed by atoms with Crippen molar-refractivity contribution >= 4 is 31.8 Å². The second kappa shape index (κ2) is 6.55. The molecule has 3 aromatic rings. The molecule has 1 aromatic carbocycles. The fraction of sp³-hybridized carbons (Fsp3) is 0.267. The van der Waals surface area contributed by atoms with Gasteiger partial charge in [-0.3, -0.25) is 4.52 Å². The monoisotopic (exact) mass is 412 g/mol. The highest BCUT2D eigenvalue weighted by Crippen LogP contribution is 2.24. The Balaban J connectivity index is 2.08. The zero-order valence-electron chi connectivity index (χ0n) is 15.0. The van der Waals surface area contributed by atoms with Gasteiger partial charge in [0.2, 0.25) is 10.0 Å². The molecule has 3 rings (SSSR count). The van der Waals surface area contributed by atoms with E-state index in [1.807, 2.05) is 0 Å². The summed E-state index contributed by atoms with van der Waals surface area (Å²) < 4.78 is 60.3. The predicted molar refractivity (Wildman–Crippen MR) is 95.1 cm³/mol. The van der Waals surface area contributed by atoms with Gasteiger partial charge < -0.3 is 0 Å². The first-order chi connectivity index (χ1) is 12.5. The number of nitrogens with one attached hydrogen (secondary N) is 1. The smallest absolute Gasteiger partial charge is 0.258 e. The van der Waals surface area contributed by atoms with E-state index in [1.165, 1.54) is 42.9 Å². The van der Waals surface area contributed by atoms with E-state index >= 15 is 0 Å². The van der Waals surface area contributed by atoms with Gasteiger partial charge in [-0.15, -0.1) is 0 Å². The number of fused-ring (bicyclic) bond motifs is 1. The van der Waals surface area contributed by atoms with Crippen LogP contribution in [0.4, 0.5) is 6.01 Å². The van der Waals surface area contributed by atoms with E-state index in [9.17, 15) is 16.8 Å². The second-order valence-corrected chi connectivity index (χ2v) is 9.75. The maximum atomic E-state index is 12.8. The summed E-state index contributed by atoms with van der Waals surface area (Å²) in [6, 6.07) is 6.71. The number of nitrogens with zero attached hydrogens (tertiary/aromatic N) is 4. The van der Waals surface area contributed by atoms with Crippen molar-refractivity contribution in [1.29, 1.82) is 0 Å². The Morgan fingerprint density at radius 1 is 1.04 bits per heavy atom. The van der Waals surface area contributed by atoms with E-state index in [2.05, 4.69) is 14.7 Å². The zero-order chi connectivity index (χ0) is 20.0. The van der Waals surface area contributed by atoms with Gasteiger partial charge in [0.1, 0.15) is 21.2 Å². The summed E-state index contributed by atoms with van der Waals surface area (Å²) in [6.07, 6.45) is 0. The van der Waals surface area contributed by atoms with Crippen LogP contribution < -0.4 is 9.30 Å². The van der Waals surface area contributed by atoms with Crippen molar-refractivity contribution in [1.82, 2.24) is 14.3 Å². The fourth-order valence-corrected chi connectivity index (χ4v) is 5.05. The number of hydrogen-bond acceptors (Lipinski definition) is 7. The van der Waals surface area contributed by atoms with Crippen LogP contribution >= 0.6 is 0 Å². The summed E-state index contributed by atoms with van der Waals surface area (Å²) in [6.45, 7) is 3.53. The van der Waals surface area contributed by atoms with Crippen LogP contribution in [-0.2, 0) is 20.0 Å². The number of anilines is 1. The molecule has 0 spiro atoms. The predicted octanol–water partition coefficient (Wildman–Crippen LogP) is 0.476. The van der Waals surface area contributed by atoms with Crippen LogP contribution in [0.1, 0.15) is 11.4 Å². The van der Waals surface area contributed by atoms with Gasteiger partial charge in [0.05, 0.1) is 0 Å². The summed E-state index contributed by atoms with van der Waals surface area (Å²) in [7, 11) is -5.62. The van der Waals surface area contributed by atoms with Crippen LogP contribution in [0.15, 0.2) is 44.6 Å². The first kappa shape index (κ1) is 19.2. The molecule has 0 unspecified atom stereocenters. The summed E-state index contributed by atoms with van der Waals surface area (Å²) in [4.78, 5) is 7.41. The van der Waals surface area contributed by atoms with Gasteiger partial charge in [-0.1, -0.05) is 17.1 Å². The average Bonchev–Trinajstić information content (AvgIpc) is 2.96. The molecule has 0 aliphatic rings. The van der Waals surface area contributed by atoms with Crippen LogP contribution in [0.2, 0.25) is 0 Å². The normalized spacial score (nSPS) is 12.6. The molecule has 2 heterocycles. The van der Waals surface area contributed by atoms with Crippen molar-refractivity contribution in [2.75, 3.05) is 18.8 Å². The quantitative estimate of drug-likeness (QED) is 0.604. The lowest BCUT2D eigenvalue weighted by atomic mass is 10.4. The largest absolute Gasteiger partial charge is 0.475 e. The van der Waals surface area contributed by atoms with E-state index in [4.69, 9.17) is 4.52 Å². The molecule has 0 saturated carbocycles. The minimum atomic E-state index is -4.28. The van der Waals surface area contributed by atoms with Gasteiger partial charge in [-0.2, -0.15) is 0 Å². The second-order valence-electron chi connectivity index (χ2n) is 5.98. The molecule has 0 atom stereocenters. The lowest BCUT2D eigenvalue weighted by Crippen LogP contribution is -2.26. The van der Waals surface area contributed by atoms with Crippen LogP contribution in [0.5, 0.6) is 0 Å². The molecular formula is C15H18N5O5S2+. The Morgan fingerprint density at radius 2 is 1.67 bits per heavy atom. The van der Waals surface area contributed by atoms with Gasteiger partial charge in [-0.05, 0) is 35.5 Å². The summed E-state index contributed by atoms with van der Waals surface area (Å²) in [5.74, 6) is 0.180. The van der Waals surface area contributed by atoms with Gasteiger partial charge in [0.15, 0.2) is 0 Å². The summed E-state index contributed by atoms with van der Waals surface area (Å²) >= 11 is 0. The average molecular weight is 412 g/mol. The number of aromatic nitrogens is 3. The third-order valence-corrected chi connectivity index (χ3v) is 7.08. The van der Waals surface area contributed by atoms with E-state index in [0.717, 1.165) is 4.31 Å². The third-order valence-electron chi connectivity index (χ3n) is 3.69. The SMILES string of the molecule is Cc1cc(C)[n+]2oc(NS(=O)(=O)c3ccccc3S(=O)(=O)N(C)C)nc2n1. The summed E-state index contributed by atoms with van der Waals surface area (Å²) in [5.41, 5.74) is 1.36. The molecule has 0 radical (unpaired) electrons. The standard InChI is InChI=1S/C15H17N5O5S2/c1-10-9-11(2)20-14(16-10)17-15(25-20)18-26(21,22)12-7-5-6-8-13(12)27(23,24)19(3)4/h5-9H,1-4H3/p+1. The first-order valence-electron chi connectivity index (χ1n) is 7.74. The highest BCUT2D eigenvalue weighted by molar-refractivity contribution is 7.94. The Morgan fingerprint density at radius 3 is 2.30 bits per heavy atom. The molecule has 2 aromatic heterocycles. The number of benzene rings is 1. The molecule has 0 aliphatic heterocycles. The van der Waals surface area contributed by atoms with Gasteiger partial charge in [0.25, 0.3) is 10.0 Å². The highest BCUT2D eigenvalue weighted by Gasteiger charge is 2.30. The van der Waals surface area contributed by atoms with Crippen molar-refractivity contribution in [3.8, 4) is 0 Å². The Hall–Kier alpha value is -2.57. The molecular weight excluding hydrogens is 394 g/mol. The number of hydrogen-bond donors (Lipinski definition) is 1. The number of rotatable bonds is 5. The number of sulfonamides is 2. The molecule has 0 saturated heterocycles. The Labute approximate surface area is 156 Å². The lowest BCUT2D eigenvalue weighted by molar-refractivity contribution is -0.721. The highest BCUT2D eigenvalue weighted by atomic mass is 32.2. The maximum absolute atomic E-state index is 12.8. The molecule has 0 bridgehead atoms. The number of aryl methyl sites for hydroxylation is 2. The van der Waals surface area contributed by atoms with Crippen LogP contribution in [0.3, 0.4) is 0 Å². The molecule has 0 fully saturated rings. The summed E-state index contributed by atoms with van der Waals surface area (Å²) in [5, 5.41) is 0. The molecule has 1 N–H and O–H groups in total. The minimum Gasteiger partial charge on any atom is -0.258 e. The minimum absolute atomic E-state index is 0.180. The Bertz CT molecular complexity index is 1230. The van der Waals surface area contributed by atoms with Crippen LogP contribution in [-0.4, -0.2) is 45.2 Å². The van der Waals surface area contributed by atoms with Crippen LogP contribution in [0.25, 0.3) is 5.78 Å². The van der Waals surface area contributed by atoms with Crippen molar-refractivity contribution in [2.45, 2.75) is 23.6 Å². The van der Waals surface area contributed by atoms with E-state index < -0.39 is 24.9 Å². The van der Waals surface area contributed by atoms with Gasteiger partial charge in [-0.25, -0.2) is 25.9 Å². The maximum Gasteiger partial charge on any atom is 0.475 e. The van der Waals surface area contributed by atoms with Gasteiger partial charge >= 0.3 is 11.8 Å². The molecule has 27 heavy (non-hydrogen) atoms.